The second-order valence-corrected chi connectivity index (χ2v) is 17.6. The van der Waals surface area contributed by atoms with Crippen LogP contribution < -0.4 is 0 Å². The number of fused-ring (bicyclic) bond motifs is 7. The average Bonchev–Trinajstić information content (AvgIpc) is 2.94. The molecule has 7 nitrogen and oxygen atoms in total. The minimum Gasteiger partial charge on any atom is -0.481 e. The minimum absolute atomic E-state index is 0.0132. The second-order valence-electron chi connectivity index (χ2n) is 17.6. The van der Waals surface area contributed by atoms with Crippen molar-refractivity contribution in [2.24, 2.45) is 56.2 Å². The first-order valence-corrected chi connectivity index (χ1v) is 17.3. The lowest BCUT2D eigenvalue weighted by atomic mass is 9.31. The summed E-state index contributed by atoms with van der Waals surface area (Å²) in [6.07, 6.45) is 11.9. The van der Waals surface area contributed by atoms with Crippen molar-refractivity contribution in [3.05, 3.63) is 0 Å². The summed E-state index contributed by atoms with van der Waals surface area (Å²) in [5, 5.41) is 20.1. The van der Waals surface area contributed by atoms with Crippen LogP contribution in [0.15, 0.2) is 0 Å². The van der Waals surface area contributed by atoms with E-state index in [0.29, 0.717) is 24.7 Å². The van der Waals surface area contributed by atoms with Crippen molar-refractivity contribution in [2.45, 2.75) is 150 Å². The number of aldehydes is 1. The summed E-state index contributed by atoms with van der Waals surface area (Å²) in [7, 11) is 0. The van der Waals surface area contributed by atoms with E-state index in [1.807, 2.05) is 0 Å². The number of ether oxygens (including phenoxy) is 2. The minimum atomic E-state index is -0.946. The molecule has 0 aromatic heterocycles. The van der Waals surface area contributed by atoms with Crippen molar-refractivity contribution in [3.63, 3.8) is 0 Å². The van der Waals surface area contributed by atoms with Gasteiger partial charge < -0.3 is 24.5 Å². The first kappa shape index (κ1) is 31.5. The first-order valence-electron chi connectivity index (χ1n) is 17.3. The fourth-order valence-electron chi connectivity index (χ4n) is 12.8. The molecule has 6 fully saturated rings. The van der Waals surface area contributed by atoms with E-state index in [4.69, 9.17) is 9.47 Å². The van der Waals surface area contributed by atoms with Crippen LogP contribution in [0.3, 0.4) is 0 Å². The van der Waals surface area contributed by atoms with Crippen LogP contribution in [-0.2, 0) is 23.9 Å². The van der Waals surface area contributed by atoms with Crippen molar-refractivity contribution >= 4 is 18.2 Å². The van der Waals surface area contributed by atoms with Gasteiger partial charge in [-0.2, -0.15) is 0 Å². The molecule has 6 aliphatic rings. The monoisotopic (exact) mass is 600 g/mol. The van der Waals surface area contributed by atoms with E-state index in [0.717, 1.165) is 83.3 Å². The first-order chi connectivity index (χ1) is 20.1. The van der Waals surface area contributed by atoms with Crippen LogP contribution >= 0.6 is 0 Å². The molecule has 0 radical (unpaired) electrons. The van der Waals surface area contributed by atoms with Crippen LogP contribution in [-0.4, -0.2) is 46.9 Å². The summed E-state index contributed by atoms with van der Waals surface area (Å²) in [5.74, 6) is -0.209. The molecule has 1 saturated heterocycles. The lowest BCUT2D eigenvalue weighted by Crippen LogP contribution is -2.68. The molecule has 5 aliphatic carbocycles. The molecular weight excluding hydrogens is 544 g/mol. The molecular formula is C36H56O7. The molecule has 0 bridgehead atoms. The van der Waals surface area contributed by atoms with Crippen LogP contribution in [0.25, 0.3) is 0 Å². The van der Waals surface area contributed by atoms with Gasteiger partial charge in [-0.1, -0.05) is 41.5 Å². The van der Waals surface area contributed by atoms with Gasteiger partial charge in [0.1, 0.15) is 6.29 Å². The average molecular weight is 601 g/mol. The molecule has 0 amide bonds. The van der Waals surface area contributed by atoms with E-state index < -0.39 is 35.2 Å². The maximum Gasteiger partial charge on any atom is 0.332 e. The number of rotatable bonds is 5. The van der Waals surface area contributed by atoms with E-state index in [1.165, 1.54) is 0 Å². The van der Waals surface area contributed by atoms with Crippen LogP contribution in [0.1, 0.15) is 131 Å². The largest absolute Gasteiger partial charge is 0.481 e. The molecule has 5 saturated carbocycles. The van der Waals surface area contributed by atoms with Gasteiger partial charge in [0, 0.05) is 0 Å². The predicted octanol–water partition coefficient (Wildman–Crippen LogP) is 7.50. The zero-order valence-electron chi connectivity index (χ0n) is 27.5. The van der Waals surface area contributed by atoms with Crippen molar-refractivity contribution in [3.8, 4) is 0 Å². The fraction of sp³-hybridized carbons (Fsp3) is 0.917. The smallest absolute Gasteiger partial charge is 0.332 e. The number of carboxylic acid groups (broad SMARTS) is 2. The molecule has 2 N–H and O–H groups in total. The lowest BCUT2D eigenvalue weighted by Gasteiger charge is -2.73. The number of carbonyl (C=O) groups excluding carboxylic acids is 1. The zero-order valence-corrected chi connectivity index (χ0v) is 27.5. The van der Waals surface area contributed by atoms with Gasteiger partial charge in [-0.05, 0) is 135 Å². The summed E-state index contributed by atoms with van der Waals surface area (Å²) in [4.78, 5) is 37.6. The third kappa shape index (κ3) is 4.43. The van der Waals surface area contributed by atoms with Crippen LogP contribution in [0.5, 0.6) is 0 Å². The van der Waals surface area contributed by atoms with Gasteiger partial charge in [-0.25, -0.2) is 4.79 Å². The van der Waals surface area contributed by atoms with E-state index >= 15 is 0 Å². The normalized spacial score (nSPS) is 52.5. The molecule has 6 rings (SSSR count). The molecule has 4 unspecified atom stereocenters. The highest BCUT2D eigenvalue weighted by atomic mass is 16.7. The maximum atomic E-state index is 13.1. The Balaban J connectivity index is 1.28. The van der Waals surface area contributed by atoms with Gasteiger partial charge in [0.2, 0.25) is 0 Å². The maximum absolute atomic E-state index is 13.1. The highest BCUT2D eigenvalue weighted by Crippen LogP contribution is 2.77. The van der Waals surface area contributed by atoms with Gasteiger partial charge in [0.05, 0.1) is 16.9 Å². The Morgan fingerprint density at radius 2 is 1.49 bits per heavy atom. The SMILES string of the molecule is CC1(C)CC[C@]2(C(=O)O)CC[C@]3(C)C(CC[C@@H]4[C@@]5(C)CC[C@H](O[C@H]6CCCC(C(=O)O)O6)[C@@](C)(C=O)C5CC[C@]43C)C2C1. The van der Waals surface area contributed by atoms with Gasteiger partial charge >= 0.3 is 11.9 Å². The summed E-state index contributed by atoms with van der Waals surface area (Å²) < 4.78 is 12.3. The Morgan fingerprint density at radius 3 is 2.16 bits per heavy atom. The Kier molecular flexibility index (Phi) is 7.53. The molecule has 7 heteroatoms. The van der Waals surface area contributed by atoms with Gasteiger partial charge in [0.15, 0.2) is 12.4 Å². The van der Waals surface area contributed by atoms with E-state index in [1.54, 1.807) is 0 Å². The molecule has 0 aromatic rings. The predicted molar refractivity (Wildman–Crippen MR) is 162 cm³/mol. The van der Waals surface area contributed by atoms with Crippen LogP contribution in [0, 0.1) is 56.2 Å². The lowest BCUT2D eigenvalue weighted by molar-refractivity contribution is -0.278. The van der Waals surface area contributed by atoms with Crippen molar-refractivity contribution in [2.75, 3.05) is 0 Å². The number of hydrogen-bond donors (Lipinski definition) is 2. The van der Waals surface area contributed by atoms with Crippen molar-refractivity contribution in [1.82, 2.24) is 0 Å². The molecule has 43 heavy (non-hydrogen) atoms. The number of aliphatic carboxylic acids is 2. The molecule has 12 atom stereocenters. The standard InChI is InChI=1S/C36H56O7/c1-31(2)16-18-36(30(40)41)19-17-34(5)22(23(36)20-31)10-11-26-32(3)14-13-27(43-28-9-7-8-24(42-28)29(38)39)33(4,21-37)25(32)12-15-35(26,34)6/h21-28H,7-20H2,1-6H3,(H,38,39)(H,40,41)/t22?,23?,24?,25?,26-,27+,28+,32+,33+,34-,35-,36+/m1/s1. The molecule has 1 aliphatic heterocycles. The summed E-state index contributed by atoms with van der Waals surface area (Å²) in [5.41, 5.74) is -0.902. The number of hydrogen-bond acceptors (Lipinski definition) is 5. The molecule has 242 valence electrons. The van der Waals surface area contributed by atoms with E-state index in [9.17, 15) is 24.6 Å². The van der Waals surface area contributed by atoms with Crippen molar-refractivity contribution < 1.29 is 34.1 Å². The quantitative estimate of drug-likeness (QED) is 0.248. The molecule has 0 spiro atoms. The summed E-state index contributed by atoms with van der Waals surface area (Å²) in [6, 6.07) is 0. The highest BCUT2D eigenvalue weighted by molar-refractivity contribution is 5.75. The third-order valence-electron chi connectivity index (χ3n) is 15.4. The zero-order chi connectivity index (χ0) is 31.2. The molecule has 0 aromatic carbocycles. The summed E-state index contributed by atoms with van der Waals surface area (Å²) >= 11 is 0. The van der Waals surface area contributed by atoms with Crippen molar-refractivity contribution in [1.29, 1.82) is 0 Å². The number of carboxylic acids is 2. The third-order valence-corrected chi connectivity index (χ3v) is 15.4. The van der Waals surface area contributed by atoms with E-state index in [-0.39, 0.29) is 39.6 Å². The Bertz CT molecular complexity index is 1150. The second kappa shape index (κ2) is 10.3. The van der Waals surface area contributed by atoms with Gasteiger partial charge in [0.25, 0.3) is 0 Å². The van der Waals surface area contributed by atoms with E-state index in [2.05, 4.69) is 41.5 Å². The van der Waals surface area contributed by atoms with Crippen LogP contribution in [0.4, 0.5) is 0 Å². The highest BCUT2D eigenvalue weighted by Gasteiger charge is 2.71. The topological polar surface area (TPSA) is 110 Å². The van der Waals surface area contributed by atoms with Crippen LogP contribution in [0.2, 0.25) is 0 Å². The Morgan fingerprint density at radius 1 is 0.767 bits per heavy atom. The molecule has 1 heterocycles. The Labute approximate surface area is 258 Å². The Hall–Kier alpha value is -1.47. The van der Waals surface area contributed by atoms with Gasteiger partial charge in [-0.3, -0.25) is 4.79 Å². The fourth-order valence-corrected chi connectivity index (χ4v) is 12.8. The van der Waals surface area contributed by atoms with Gasteiger partial charge in [-0.15, -0.1) is 0 Å². The number of carbonyl (C=O) groups is 3. The summed E-state index contributed by atoms with van der Waals surface area (Å²) in [6.45, 7) is 14.3.